The summed E-state index contributed by atoms with van der Waals surface area (Å²) >= 11 is 0. The van der Waals surface area contributed by atoms with Crippen molar-refractivity contribution in [1.29, 1.82) is 0 Å². The number of nitrogens with one attached hydrogen (secondary N) is 2. The third kappa shape index (κ3) is 2.12. The molecular formula is C14H20N2. The summed E-state index contributed by atoms with van der Waals surface area (Å²) in [6.07, 6.45) is 4.64. The Hall–Kier alpha value is -1.28. The van der Waals surface area contributed by atoms with E-state index in [1.54, 1.807) is 0 Å². The average Bonchev–Trinajstić information content (AvgIpc) is 2.72. The van der Waals surface area contributed by atoms with E-state index in [-0.39, 0.29) is 0 Å². The predicted molar refractivity (Wildman–Crippen MR) is 69.9 cm³/mol. The molecule has 0 fully saturated rings. The van der Waals surface area contributed by atoms with Gasteiger partial charge in [0, 0.05) is 23.6 Å². The van der Waals surface area contributed by atoms with Crippen LogP contribution in [-0.2, 0) is 0 Å². The fourth-order valence-corrected chi connectivity index (χ4v) is 2.39. The van der Waals surface area contributed by atoms with Crippen molar-refractivity contribution in [2.45, 2.75) is 25.7 Å². The number of likely N-dealkylation sites (N-methyl/N-ethyl adjacent to an activating group) is 1. The van der Waals surface area contributed by atoms with E-state index in [9.17, 15) is 0 Å². The van der Waals surface area contributed by atoms with E-state index >= 15 is 0 Å². The summed E-state index contributed by atoms with van der Waals surface area (Å²) in [6, 6.07) is 8.54. The molecule has 1 atom stereocenters. The number of benzene rings is 1. The van der Waals surface area contributed by atoms with Crippen LogP contribution in [0.5, 0.6) is 0 Å². The number of para-hydroxylation sites is 1. The molecule has 0 spiro atoms. The summed E-state index contributed by atoms with van der Waals surface area (Å²) in [5, 5.41) is 4.66. The van der Waals surface area contributed by atoms with Crippen LogP contribution in [0.15, 0.2) is 30.5 Å². The van der Waals surface area contributed by atoms with Crippen LogP contribution in [0.3, 0.4) is 0 Å². The zero-order chi connectivity index (χ0) is 11.4. The minimum Gasteiger partial charge on any atom is -0.361 e. The van der Waals surface area contributed by atoms with E-state index in [2.05, 4.69) is 47.7 Å². The van der Waals surface area contributed by atoms with Gasteiger partial charge < -0.3 is 10.3 Å². The van der Waals surface area contributed by atoms with Gasteiger partial charge in [-0.1, -0.05) is 31.5 Å². The van der Waals surface area contributed by atoms with Gasteiger partial charge in [-0.15, -0.1) is 0 Å². The summed E-state index contributed by atoms with van der Waals surface area (Å²) in [4.78, 5) is 3.36. The van der Waals surface area contributed by atoms with Crippen molar-refractivity contribution in [2.75, 3.05) is 13.6 Å². The number of H-pyrrole nitrogens is 1. The van der Waals surface area contributed by atoms with Gasteiger partial charge in [-0.05, 0) is 31.0 Å². The molecule has 0 aliphatic heterocycles. The van der Waals surface area contributed by atoms with Gasteiger partial charge in [0.25, 0.3) is 0 Å². The Morgan fingerprint density at radius 2 is 2.12 bits per heavy atom. The first kappa shape index (κ1) is 11.2. The fourth-order valence-electron chi connectivity index (χ4n) is 2.39. The van der Waals surface area contributed by atoms with Crippen LogP contribution in [0.1, 0.15) is 31.2 Å². The first-order valence-electron chi connectivity index (χ1n) is 6.07. The summed E-state index contributed by atoms with van der Waals surface area (Å²) in [5.74, 6) is 0.617. The van der Waals surface area contributed by atoms with Crippen LogP contribution in [0.2, 0.25) is 0 Å². The largest absolute Gasteiger partial charge is 0.361 e. The molecule has 0 bridgehead atoms. The van der Waals surface area contributed by atoms with Crippen LogP contribution in [0.25, 0.3) is 10.9 Å². The van der Waals surface area contributed by atoms with Gasteiger partial charge in [0.2, 0.25) is 0 Å². The number of rotatable bonds is 5. The molecule has 2 nitrogen and oxygen atoms in total. The van der Waals surface area contributed by atoms with Gasteiger partial charge in [0.05, 0.1) is 0 Å². The lowest BCUT2D eigenvalue weighted by atomic mass is 9.94. The summed E-state index contributed by atoms with van der Waals surface area (Å²) in [6.45, 7) is 3.30. The van der Waals surface area contributed by atoms with Crippen molar-refractivity contribution >= 4 is 10.9 Å². The van der Waals surface area contributed by atoms with Crippen molar-refractivity contribution in [3.05, 3.63) is 36.0 Å². The summed E-state index contributed by atoms with van der Waals surface area (Å²) in [5.41, 5.74) is 2.70. The van der Waals surface area contributed by atoms with E-state index in [0.29, 0.717) is 5.92 Å². The van der Waals surface area contributed by atoms with Crippen molar-refractivity contribution in [3.63, 3.8) is 0 Å². The molecule has 1 unspecified atom stereocenters. The second-order valence-electron chi connectivity index (χ2n) is 4.33. The van der Waals surface area contributed by atoms with Crippen LogP contribution < -0.4 is 5.32 Å². The summed E-state index contributed by atoms with van der Waals surface area (Å²) in [7, 11) is 2.03. The second-order valence-corrected chi connectivity index (χ2v) is 4.33. The maximum absolute atomic E-state index is 3.36. The fraction of sp³-hybridized carbons (Fsp3) is 0.429. The molecule has 2 N–H and O–H groups in total. The highest BCUT2D eigenvalue weighted by molar-refractivity contribution is 5.83. The lowest BCUT2D eigenvalue weighted by Gasteiger charge is -2.14. The van der Waals surface area contributed by atoms with E-state index < -0.39 is 0 Å². The number of hydrogen-bond donors (Lipinski definition) is 2. The van der Waals surface area contributed by atoms with Crippen LogP contribution in [0.4, 0.5) is 0 Å². The molecule has 0 aliphatic rings. The Bertz CT molecular complexity index is 439. The molecule has 0 amide bonds. The number of hydrogen-bond acceptors (Lipinski definition) is 1. The van der Waals surface area contributed by atoms with Gasteiger partial charge >= 0.3 is 0 Å². The molecule has 2 aromatic rings. The number of fused-ring (bicyclic) bond motifs is 1. The first-order chi connectivity index (χ1) is 7.86. The molecule has 16 heavy (non-hydrogen) atoms. The molecule has 1 heterocycles. The summed E-state index contributed by atoms with van der Waals surface area (Å²) < 4.78 is 0. The topological polar surface area (TPSA) is 27.8 Å². The predicted octanol–water partition coefficient (Wildman–Crippen LogP) is 3.27. The highest BCUT2D eigenvalue weighted by atomic mass is 14.8. The SMILES string of the molecule is CCCC(CNC)c1c[nH]c2ccccc12. The Kier molecular flexibility index (Phi) is 3.62. The highest BCUT2D eigenvalue weighted by Gasteiger charge is 2.13. The molecule has 2 heteroatoms. The zero-order valence-corrected chi connectivity index (χ0v) is 10.1. The molecule has 0 saturated heterocycles. The van der Waals surface area contributed by atoms with Crippen molar-refractivity contribution in [2.24, 2.45) is 0 Å². The molecule has 1 aromatic carbocycles. The molecule has 2 rings (SSSR count). The van der Waals surface area contributed by atoms with Gasteiger partial charge in [0.1, 0.15) is 0 Å². The monoisotopic (exact) mass is 216 g/mol. The van der Waals surface area contributed by atoms with Gasteiger partial charge in [0.15, 0.2) is 0 Å². The Labute approximate surface area is 97.1 Å². The van der Waals surface area contributed by atoms with Crippen molar-refractivity contribution < 1.29 is 0 Å². The lowest BCUT2D eigenvalue weighted by molar-refractivity contribution is 0.579. The lowest BCUT2D eigenvalue weighted by Crippen LogP contribution is -2.16. The molecule has 86 valence electrons. The molecular weight excluding hydrogens is 196 g/mol. The van der Waals surface area contributed by atoms with Gasteiger partial charge in [-0.2, -0.15) is 0 Å². The average molecular weight is 216 g/mol. The molecule has 0 radical (unpaired) electrons. The minimum absolute atomic E-state index is 0.617. The Morgan fingerprint density at radius 1 is 1.31 bits per heavy atom. The van der Waals surface area contributed by atoms with Crippen LogP contribution >= 0.6 is 0 Å². The van der Waals surface area contributed by atoms with Gasteiger partial charge in [-0.3, -0.25) is 0 Å². The first-order valence-corrected chi connectivity index (χ1v) is 6.07. The third-order valence-corrected chi connectivity index (χ3v) is 3.15. The van der Waals surface area contributed by atoms with E-state index in [4.69, 9.17) is 0 Å². The van der Waals surface area contributed by atoms with Crippen LogP contribution in [-0.4, -0.2) is 18.6 Å². The second kappa shape index (κ2) is 5.17. The van der Waals surface area contributed by atoms with Crippen molar-refractivity contribution in [1.82, 2.24) is 10.3 Å². The molecule has 0 saturated carbocycles. The van der Waals surface area contributed by atoms with Crippen LogP contribution in [0, 0.1) is 0 Å². The van der Waals surface area contributed by atoms with Crippen molar-refractivity contribution in [3.8, 4) is 0 Å². The molecule has 0 aliphatic carbocycles. The van der Waals surface area contributed by atoms with E-state index in [0.717, 1.165) is 6.54 Å². The Balaban J connectivity index is 2.36. The smallest absolute Gasteiger partial charge is 0.0456 e. The third-order valence-electron chi connectivity index (χ3n) is 3.15. The zero-order valence-electron chi connectivity index (χ0n) is 10.1. The van der Waals surface area contributed by atoms with E-state index in [1.807, 2.05) is 7.05 Å². The minimum atomic E-state index is 0.617. The highest BCUT2D eigenvalue weighted by Crippen LogP contribution is 2.28. The van der Waals surface area contributed by atoms with E-state index in [1.165, 1.54) is 29.3 Å². The molecule has 1 aromatic heterocycles. The number of aromatic amines is 1. The maximum Gasteiger partial charge on any atom is 0.0456 e. The normalized spacial score (nSPS) is 13.1. The van der Waals surface area contributed by atoms with Gasteiger partial charge in [-0.25, -0.2) is 0 Å². The maximum atomic E-state index is 3.36. The Morgan fingerprint density at radius 3 is 2.88 bits per heavy atom. The number of aromatic nitrogens is 1. The quantitative estimate of drug-likeness (QED) is 0.788. The standard InChI is InChI=1S/C14H20N2/c1-3-6-11(9-15-2)13-10-16-14-8-5-4-7-12(13)14/h4-5,7-8,10-11,15-16H,3,6,9H2,1-2H3.